The molecule has 0 saturated carbocycles. The van der Waals surface area contributed by atoms with E-state index >= 15 is 0 Å². The number of hydrogen-bond donors (Lipinski definition) is 0. The fraction of sp³-hybridized carbons (Fsp3) is 0.600. The quantitative estimate of drug-likeness (QED) is 0.704. The summed E-state index contributed by atoms with van der Waals surface area (Å²) in [5.41, 5.74) is 0.961. The van der Waals surface area contributed by atoms with Crippen molar-refractivity contribution in [3.05, 3.63) is 18.0 Å². The summed E-state index contributed by atoms with van der Waals surface area (Å²) in [5, 5.41) is 0. The lowest BCUT2D eigenvalue weighted by atomic mass is 10.4. The zero-order valence-corrected chi connectivity index (χ0v) is 9.46. The van der Waals surface area contributed by atoms with Crippen molar-refractivity contribution in [2.24, 2.45) is 0 Å². The first-order chi connectivity index (χ1) is 6.81. The molecule has 0 spiro atoms. The molecule has 0 radical (unpaired) electrons. The number of halogens is 1. The summed E-state index contributed by atoms with van der Waals surface area (Å²) in [6.07, 6.45) is 4.68. The van der Waals surface area contributed by atoms with Crippen LogP contribution in [0.15, 0.2) is 12.4 Å². The third kappa shape index (κ3) is 2.84. The molecule has 0 atom stereocenters. The van der Waals surface area contributed by atoms with Crippen molar-refractivity contribution in [1.29, 1.82) is 0 Å². The Morgan fingerprint density at radius 3 is 2.36 bits per heavy atom. The number of nitrogens with zero attached hydrogens (tertiary/aromatic N) is 3. The van der Waals surface area contributed by atoms with Crippen LogP contribution in [0.2, 0.25) is 0 Å². The maximum atomic E-state index is 5.66. The van der Waals surface area contributed by atoms with Gasteiger partial charge in [0.05, 0.1) is 5.88 Å². The summed E-state index contributed by atoms with van der Waals surface area (Å²) in [4.78, 5) is 10.7. The summed E-state index contributed by atoms with van der Waals surface area (Å²) in [6.45, 7) is 6.19. The molecular weight excluding hydrogens is 198 g/mol. The largest absolute Gasteiger partial charge is 0.341 e. The summed E-state index contributed by atoms with van der Waals surface area (Å²) in [6, 6.07) is 0. The van der Waals surface area contributed by atoms with Gasteiger partial charge >= 0.3 is 0 Å². The lowest BCUT2D eigenvalue weighted by molar-refractivity contribution is 0.761. The van der Waals surface area contributed by atoms with E-state index in [-0.39, 0.29) is 0 Å². The van der Waals surface area contributed by atoms with Crippen LogP contribution >= 0.6 is 11.6 Å². The minimum absolute atomic E-state index is 0.472. The maximum Gasteiger partial charge on any atom is 0.225 e. The molecule has 14 heavy (non-hydrogen) atoms. The van der Waals surface area contributed by atoms with Crippen LogP contribution in [-0.2, 0) is 5.88 Å². The molecule has 0 amide bonds. The second-order valence-electron chi connectivity index (χ2n) is 3.10. The predicted octanol–water partition coefficient (Wildman–Crippen LogP) is 2.45. The molecule has 0 fully saturated rings. The third-order valence-electron chi connectivity index (χ3n) is 2.00. The molecule has 1 aromatic heterocycles. The molecular formula is C10H16ClN3. The highest BCUT2D eigenvalue weighted by Gasteiger charge is 2.05. The molecule has 0 N–H and O–H groups in total. The van der Waals surface area contributed by atoms with Crippen molar-refractivity contribution in [3.8, 4) is 0 Å². The zero-order chi connectivity index (χ0) is 10.4. The van der Waals surface area contributed by atoms with Gasteiger partial charge in [-0.2, -0.15) is 0 Å². The van der Waals surface area contributed by atoms with E-state index in [0.717, 1.165) is 31.0 Å². The number of rotatable bonds is 5. The smallest absolute Gasteiger partial charge is 0.225 e. The van der Waals surface area contributed by atoms with Crippen molar-refractivity contribution in [1.82, 2.24) is 9.97 Å². The molecule has 78 valence electrons. The van der Waals surface area contributed by atoms with Crippen LogP contribution in [0.3, 0.4) is 0 Å². The van der Waals surface area contributed by atoms with Crippen molar-refractivity contribution in [3.63, 3.8) is 0 Å². The average Bonchev–Trinajstić information content (AvgIpc) is 2.26. The molecule has 0 bridgehead atoms. The van der Waals surface area contributed by atoms with Gasteiger partial charge in [0.2, 0.25) is 5.95 Å². The first-order valence-corrected chi connectivity index (χ1v) is 5.47. The van der Waals surface area contributed by atoms with Crippen LogP contribution < -0.4 is 4.90 Å². The summed E-state index contributed by atoms with van der Waals surface area (Å²) in [7, 11) is 0. The fourth-order valence-corrected chi connectivity index (χ4v) is 1.39. The summed E-state index contributed by atoms with van der Waals surface area (Å²) < 4.78 is 0. The molecule has 1 rings (SSSR count). The third-order valence-corrected chi connectivity index (χ3v) is 2.31. The molecule has 4 heteroatoms. The second-order valence-corrected chi connectivity index (χ2v) is 3.37. The van der Waals surface area contributed by atoms with Crippen LogP contribution in [0.5, 0.6) is 0 Å². The van der Waals surface area contributed by atoms with Crippen LogP contribution in [0.1, 0.15) is 25.8 Å². The summed E-state index contributed by atoms with van der Waals surface area (Å²) >= 11 is 5.66. The molecule has 0 aliphatic carbocycles. The van der Waals surface area contributed by atoms with Gasteiger partial charge in [0.15, 0.2) is 0 Å². The minimum Gasteiger partial charge on any atom is -0.341 e. The Labute approximate surface area is 90.1 Å². The maximum absolute atomic E-state index is 5.66. The highest BCUT2D eigenvalue weighted by atomic mass is 35.5. The molecule has 0 aliphatic heterocycles. The van der Waals surface area contributed by atoms with Gasteiger partial charge in [0.25, 0.3) is 0 Å². The molecule has 0 saturated heterocycles. The van der Waals surface area contributed by atoms with Crippen molar-refractivity contribution in [2.75, 3.05) is 18.0 Å². The van der Waals surface area contributed by atoms with Gasteiger partial charge in [-0.05, 0) is 13.3 Å². The second kappa shape index (κ2) is 5.81. The Morgan fingerprint density at radius 1 is 1.29 bits per heavy atom. The van der Waals surface area contributed by atoms with E-state index in [1.807, 2.05) is 0 Å². The molecule has 1 aromatic rings. The average molecular weight is 214 g/mol. The van der Waals surface area contributed by atoms with E-state index in [1.54, 1.807) is 12.4 Å². The minimum atomic E-state index is 0.472. The van der Waals surface area contributed by atoms with Crippen molar-refractivity contribution >= 4 is 17.5 Å². The zero-order valence-electron chi connectivity index (χ0n) is 8.70. The van der Waals surface area contributed by atoms with Crippen LogP contribution in [-0.4, -0.2) is 23.1 Å². The standard InChI is InChI=1S/C10H16ClN3/c1-3-5-14(4-2)10-12-7-9(6-11)8-13-10/h7-8H,3-6H2,1-2H3. The molecule has 1 heterocycles. The number of aromatic nitrogens is 2. The highest BCUT2D eigenvalue weighted by molar-refractivity contribution is 6.17. The number of alkyl halides is 1. The summed E-state index contributed by atoms with van der Waals surface area (Å²) in [5.74, 6) is 1.27. The lowest BCUT2D eigenvalue weighted by Crippen LogP contribution is -2.25. The van der Waals surface area contributed by atoms with Crippen LogP contribution in [0.4, 0.5) is 5.95 Å². The van der Waals surface area contributed by atoms with Gasteiger partial charge in [-0.1, -0.05) is 6.92 Å². The topological polar surface area (TPSA) is 29.0 Å². The normalized spacial score (nSPS) is 10.2. The predicted molar refractivity (Wildman–Crippen MR) is 59.8 cm³/mol. The monoisotopic (exact) mass is 213 g/mol. The number of hydrogen-bond acceptors (Lipinski definition) is 3. The first-order valence-electron chi connectivity index (χ1n) is 4.93. The molecule has 0 unspecified atom stereocenters. The van der Waals surface area contributed by atoms with E-state index in [4.69, 9.17) is 11.6 Å². The first kappa shape index (κ1) is 11.2. The fourth-order valence-electron chi connectivity index (χ4n) is 1.25. The van der Waals surface area contributed by atoms with Crippen molar-refractivity contribution < 1.29 is 0 Å². The number of anilines is 1. The van der Waals surface area contributed by atoms with Gasteiger partial charge < -0.3 is 4.90 Å². The highest BCUT2D eigenvalue weighted by Crippen LogP contribution is 2.08. The molecule has 3 nitrogen and oxygen atoms in total. The van der Waals surface area contributed by atoms with Gasteiger partial charge in [-0.3, -0.25) is 0 Å². The van der Waals surface area contributed by atoms with Gasteiger partial charge in [0, 0.05) is 31.0 Å². The Bertz CT molecular complexity index is 261. The molecule has 0 aliphatic rings. The molecule has 0 aromatic carbocycles. The van der Waals surface area contributed by atoms with Gasteiger partial charge in [-0.25, -0.2) is 9.97 Å². The van der Waals surface area contributed by atoms with E-state index in [0.29, 0.717) is 5.88 Å². The Balaban J connectivity index is 2.73. The van der Waals surface area contributed by atoms with E-state index in [1.165, 1.54) is 0 Å². The van der Waals surface area contributed by atoms with Crippen LogP contribution in [0, 0.1) is 0 Å². The van der Waals surface area contributed by atoms with E-state index in [9.17, 15) is 0 Å². The van der Waals surface area contributed by atoms with E-state index in [2.05, 4.69) is 28.7 Å². The Morgan fingerprint density at radius 2 is 1.93 bits per heavy atom. The van der Waals surface area contributed by atoms with E-state index < -0.39 is 0 Å². The Hall–Kier alpha value is -0.830. The SMILES string of the molecule is CCCN(CC)c1ncc(CCl)cn1. The van der Waals surface area contributed by atoms with Crippen molar-refractivity contribution in [2.45, 2.75) is 26.1 Å². The van der Waals surface area contributed by atoms with Crippen LogP contribution in [0.25, 0.3) is 0 Å². The lowest BCUT2D eigenvalue weighted by Gasteiger charge is -2.19. The van der Waals surface area contributed by atoms with Gasteiger partial charge in [0.1, 0.15) is 0 Å². The Kier molecular flexibility index (Phi) is 4.66. The van der Waals surface area contributed by atoms with Gasteiger partial charge in [-0.15, -0.1) is 11.6 Å².